The molecule has 0 aliphatic carbocycles. The molecular formula is C32H52N2O10. The van der Waals surface area contributed by atoms with Crippen LogP contribution in [0, 0.1) is 0 Å². The van der Waals surface area contributed by atoms with Crippen LogP contribution in [0.1, 0.15) is 102 Å². The lowest BCUT2D eigenvalue weighted by Crippen LogP contribution is -2.38. The number of carbonyl (C=O) groups is 2. The van der Waals surface area contributed by atoms with Gasteiger partial charge in [0.05, 0.1) is 25.4 Å². The molecule has 44 heavy (non-hydrogen) atoms. The Hall–Kier alpha value is -3.26. The quantitative estimate of drug-likeness (QED) is 0.145. The molecule has 2 unspecified atom stereocenters. The van der Waals surface area contributed by atoms with E-state index in [1.807, 2.05) is 41.5 Å². The molecule has 0 saturated heterocycles. The van der Waals surface area contributed by atoms with E-state index in [0.29, 0.717) is 48.2 Å². The number of aliphatic hydroxyl groups excluding tert-OH is 4. The third-order valence-electron chi connectivity index (χ3n) is 6.00. The second-order valence-electron chi connectivity index (χ2n) is 12.4. The SMILES string of the molecule is CC(C)(C)NCC(O)c1ccc(O)c(CO)c1.CC(C)(C)NCC(O)c1ccc(O)c(CO)c1.O=C(O)CCCCC(=O)O. The fourth-order valence-electron chi connectivity index (χ4n) is 3.47. The van der Waals surface area contributed by atoms with Gasteiger partial charge in [-0.1, -0.05) is 12.1 Å². The number of carboxylic acid groups (broad SMARTS) is 2. The summed E-state index contributed by atoms with van der Waals surface area (Å²) in [6, 6.07) is 9.52. The normalized spacial score (nSPS) is 12.7. The summed E-state index contributed by atoms with van der Waals surface area (Å²) in [5.74, 6) is -1.64. The van der Waals surface area contributed by atoms with E-state index in [2.05, 4.69) is 10.6 Å². The predicted octanol–water partition coefficient (Wildman–Crippen LogP) is 3.33. The van der Waals surface area contributed by atoms with Crippen molar-refractivity contribution in [3.05, 3.63) is 58.7 Å². The van der Waals surface area contributed by atoms with Crippen molar-refractivity contribution in [1.82, 2.24) is 10.6 Å². The minimum Gasteiger partial charge on any atom is -0.508 e. The highest BCUT2D eigenvalue weighted by atomic mass is 16.4. The Morgan fingerprint density at radius 2 is 0.977 bits per heavy atom. The summed E-state index contributed by atoms with van der Waals surface area (Å²) < 4.78 is 0. The summed E-state index contributed by atoms with van der Waals surface area (Å²) in [7, 11) is 0. The summed E-state index contributed by atoms with van der Waals surface area (Å²) in [4.78, 5) is 19.8. The number of aromatic hydroxyl groups is 2. The van der Waals surface area contributed by atoms with E-state index in [4.69, 9.17) is 20.4 Å². The molecule has 2 rings (SSSR count). The summed E-state index contributed by atoms with van der Waals surface area (Å²) >= 11 is 0. The van der Waals surface area contributed by atoms with Crippen LogP contribution in [-0.2, 0) is 22.8 Å². The van der Waals surface area contributed by atoms with Crippen molar-refractivity contribution < 1.29 is 50.4 Å². The minimum atomic E-state index is -0.870. The van der Waals surface area contributed by atoms with Gasteiger partial charge in [-0.25, -0.2) is 0 Å². The van der Waals surface area contributed by atoms with Crippen LogP contribution in [0.4, 0.5) is 0 Å². The molecule has 0 aliphatic rings. The van der Waals surface area contributed by atoms with Gasteiger partial charge in [-0.3, -0.25) is 9.59 Å². The van der Waals surface area contributed by atoms with Gasteiger partial charge in [0, 0.05) is 48.1 Å². The first-order chi connectivity index (χ1) is 20.3. The number of nitrogens with one attached hydrogen (secondary N) is 2. The third kappa shape index (κ3) is 19.1. The Morgan fingerprint density at radius 1 is 0.659 bits per heavy atom. The van der Waals surface area contributed by atoms with Crippen molar-refractivity contribution in [2.45, 2.75) is 104 Å². The van der Waals surface area contributed by atoms with Crippen molar-refractivity contribution in [2.75, 3.05) is 13.1 Å². The number of hydrogen-bond acceptors (Lipinski definition) is 10. The highest BCUT2D eigenvalue weighted by Gasteiger charge is 2.16. The molecule has 0 aliphatic heterocycles. The molecule has 0 amide bonds. The van der Waals surface area contributed by atoms with Crippen molar-refractivity contribution in [1.29, 1.82) is 0 Å². The zero-order valence-corrected chi connectivity index (χ0v) is 26.7. The topological polar surface area (TPSA) is 220 Å². The summed E-state index contributed by atoms with van der Waals surface area (Å²) in [6.45, 7) is 12.5. The van der Waals surface area contributed by atoms with Gasteiger partial charge >= 0.3 is 11.9 Å². The number of β-amino-alcohol motifs (C(OH)–C–C–N with tert-alkyl or cyclic N) is 2. The first-order valence-corrected chi connectivity index (χ1v) is 14.4. The van der Waals surface area contributed by atoms with Gasteiger partial charge in [0.2, 0.25) is 0 Å². The van der Waals surface area contributed by atoms with E-state index < -0.39 is 24.1 Å². The van der Waals surface area contributed by atoms with E-state index in [9.17, 15) is 30.0 Å². The maximum Gasteiger partial charge on any atom is 0.303 e. The van der Waals surface area contributed by atoms with Crippen LogP contribution < -0.4 is 10.6 Å². The lowest BCUT2D eigenvalue weighted by atomic mass is 10.0. The first kappa shape index (κ1) is 40.7. The molecule has 10 N–H and O–H groups in total. The van der Waals surface area contributed by atoms with Crippen molar-refractivity contribution in [3.63, 3.8) is 0 Å². The fourth-order valence-corrected chi connectivity index (χ4v) is 3.47. The molecule has 2 aromatic rings. The lowest BCUT2D eigenvalue weighted by Gasteiger charge is -2.23. The van der Waals surface area contributed by atoms with Crippen LogP contribution in [-0.4, -0.2) is 77.0 Å². The zero-order valence-electron chi connectivity index (χ0n) is 26.7. The average molecular weight is 625 g/mol. The number of hydrogen-bond donors (Lipinski definition) is 10. The maximum absolute atomic E-state index is 9.97. The van der Waals surface area contributed by atoms with Gasteiger partial charge in [0.25, 0.3) is 0 Å². The minimum absolute atomic E-state index is 0.0484. The van der Waals surface area contributed by atoms with E-state index >= 15 is 0 Å². The Kier molecular flexibility index (Phi) is 18.4. The summed E-state index contributed by atoms with van der Waals surface area (Å²) in [5, 5.41) is 79.5. The van der Waals surface area contributed by atoms with Gasteiger partial charge in [0.15, 0.2) is 0 Å². The Balaban J connectivity index is 0.000000655. The number of aliphatic hydroxyl groups is 4. The molecule has 2 aromatic carbocycles. The monoisotopic (exact) mass is 624 g/mol. The molecule has 0 aromatic heterocycles. The molecule has 250 valence electrons. The number of carboxylic acids is 2. The average Bonchev–Trinajstić information content (AvgIpc) is 2.93. The molecular weight excluding hydrogens is 572 g/mol. The molecule has 0 bridgehead atoms. The second kappa shape index (κ2) is 19.9. The van der Waals surface area contributed by atoms with Crippen LogP contribution in [0.2, 0.25) is 0 Å². The molecule has 0 spiro atoms. The van der Waals surface area contributed by atoms with Crippen molar-refractivity contribution >= 4 is 11.9 Å². The van der Waals surface area contributed by atoms with Gasteiger partial charge in [-0.2, -0.15) is 0 Å². The van der Waals surface area contributed by atoms with Crippen LogP contribution in [0.5, 0.6) is 11.5 Å². The third-order valence-corrected chi connectivity index (χ3v) is 6.00. The molecule has 0 radical (unpaired) electrons. The smallest absolute Gasteiger partial charge is 0.303 e. The van der Waals surface area contributed by atoms with Crippen molar-refractivity contribution in [2.24, 2.45) is 0 Å². The van der Waals surface area contributed by atoms with Crippen LogP contribution in [0.3, 0.4) is 0 Å². The fraction of sp³-hybridized carbons (Fsp3) is 0.562. The summed E-state index contributed by atoms with van der Waals surface area (Å²) in [5.41, 5.74) is 2.11. The molecule has 12 heteroatoms. The van der Waals surface area contributed by atoms with Gasteiger partial charge in [-0.05, 0) is 89.8 Å². The number of unbranched alkanes of at least 4 members (excludes halogenated alkanes) is 1. The predicted molar refractivity (Wildman–Crippen MR) is 167 cm³/mol. The van der Waals surface area contributed by atoms with E-state index in [1.54, 1.807) is 24.3 Å². The number of benzene rings is 2. The summed E-state index contributed by atoms with van der Waals surface area (Å²) in [6.07, 6.45) is -0.288. The molecule has 2 atom stereocenters. The van der Waals surface area contributed by atoms with Crippen LogP contribution in [0.25, 0.3) is 0 Å². The second-order valence-corrected chi connectivity index (χ2v) is 12.4. The first-order valence-electron chi connectivity index (χ1n) is 14.4. The lowest BCUT2D eigenvalue weighted by molar-refractivity contribution is -0.139. The van der Waals surface area contributed by atoms with Gasteiger partial charge < -0.3 is 51.5 Å². The van der Waals surface area contributed by atoms with Crippen molar-refractivity contribution in [3.8, 4) is 11.5 Å². The zero-order chi connectivity index (χ0) is 34.1. The highest BCUT2D eigenvalue weighted by molar-refractivity contribution is 5.67. The number of phenols is 2. The Labute approximate surface area is 260 Å². The Bertz CT molecular complexity index is 1050. The number of rotatable bonds is 13. The molecule has 12 nitrogen and oxygen atoms in total. The highest BCUT2D eigenvalue weighted by Crippen LogP contribution is 2.23. The van der Waals surface area contributed by atoms with E-state index in [1.165, 1.54) is 12.1 Å². The molecule has 0 heterocycles. The number of aliphatic carboxylic acids is 2. The van der Waals surface area contributed by atoms with Gasteiger partial charge in [-0.15, -0.1) is 0 Å². The van der Waals surface area contributed by atoms with Crippen LogP contribution >= 0.6 is 0 Å². The Morgan fingerprint density at radius 3 is 1.23 bits per heavy atom. The molecule has 0 fully saturated rings. The van der Waals surface area contributed by atoms with Crippen LogP contribution in [0.15, 0.2) is 36.4 Å². The standard InChI is InChI=1S/2C13H21NO3.C6H10O4/c2*1-13(2,3)14-7-12(17)9-4-5-11(16)10(6-9)8-15;7-5(8)3-1-2-4-6(9)10/h2*4-6,12,14-17H,7-8H2,1-3H3;1-4H2,(H,7,8)(H,9,10). The maximum atomic E-state index is 9.97. The van der Waals surface area contributed by atoms with Gasteiger partial charge in [0.1, 0.15) is 11.5 Å². The largest absolute Gasteiger partial charge is 0.508 e. The molecule has 0 saturated carbocycles. The van der Waals surface area contributed by atoms with E-state index in [0.717, 1.165) is 0 Å². The van der Waals surface area contributed by atoms with E-state index in [-0.39, 0.29) is 48.6 Å².